The fourth-order valence-electron chi connectivity index (χ4n) is 2.87. The third kappa shape index (κ3) is 1.32. The maximum atomic E-state index is 10.2. The molecule has 0 radical (unpaired) electrons. The third-order valence-electron chi connectivity index (χ3n) is 3.91. The highest BCUT2D eigenvalue weighted by Crippen LogP contribution is 2.42. The van der Waals surface area contributed by atoms with Crippen molar-refractivity contribution in [1.29, 1.82) is 0 Å². The van der Waals surface area contributed by atoms with E-state index in [-0.39, 0.29) is 0 Å². The summed E-state index contributed by atoms with van der Waals surface area (Å²) in [4.78, 5) is 0. The van der Waals surface area contributed by atoms with E-state index in [1.165, 1.54) is 27.5 Å². The minimum Gasteiger partial charge on any atom is -0.507 e. The van der Waals surface area contributed by atoms with Crippen molar-refractivity contribution in [1.82, 2.24) is 0 Å². The average Bonchev–Trinajstić information content (AvgIpc) is 2.28. The largest absolute Gasteiger partial charge is 0.507 e. The van der Waals surface area contributed by atoms with Gasteiger partial charge in [0.1, 0.15) is 5.75 Å². The number of benzene rings is 2. The van der Waals surface area contributed by atoms with Crippen LogP contribution >= 0.6 is 0 Å². The van der Waals surface area contributed by atoms with Crippen LogP contribution in [0.5, 0.6) is 5.75 Å². The lowest BCUT2D eigenvalue weighted by atomic mass is 9.83. The fraction of sp³-hybridized carbons (Fsp3) is 0.250. The zero-order valence-corrected chi connectivity index (χ0v) is 10.5. The topological polar surface area (TPSA) is 20.2 Å². The third-order valence-corrected chi connectivity index (χ3v) is 3.91. The maximum absolute atomic E-state index is 10.2. The van der Waals surface area contributed by atoms with Gasteiger partial charge in [-0.25, -0.2) is 0 Å². The molecule has 0 fully saturated rings. The summed E-state index contributed by atoms with van der Waals surface area (Å²) in [6.07, 6.45) is 0.999. The number of phenols is 1. The van der Waals surface area contributed by atoms with Gasteiger partial charge < -0.3 is 5.11 Å². The van der Waals surface area contributed by atoms with E-state index in [4.69, 9.17) is 0 Å². The first-order valence-corrected chi connectivity index (χ1v) is 6.00. The lowest BCUT2D eigenvalue weighted by molar-refractivity contribution is 0.474. The van der Waals surface area contributed by atoms with Crippen molar-refractivity contribution in [2.45, 2.75) is 27.2 Å². The van der Waals surface area contributed by atoms with Gasteiger partial charge in [0.2, 0.25) is 0 Å². The van der Waals surface area contributed by atoms with Crippen molar-refractivity contribution in [2.24, 2.45) is 0 Å². The molecule has 1 heteroatoms. The molecule has 0 bridgehead atoms. The molecule has 1 N–H and O–H groups in total. The van der Waals surface area contributed by atoms with Gasteiger partial charge in [-0.15, -0.1) is 0 Å². The SMILES string of the molecule is CC1=C(C)c2c(O)cc(C)c3cccc(c23)C1. The van der Waals surface area contributed by atoms with Gasteiger partial charge in [0.25, 0.3) is 0 Å². The number of aryl methyl sites for hydroxylation is 1. The van der Waals surface area contributed by atoms with Crippen LogP contribution in [0.3, 0.4) is 0 Å². The zero-order valence-electron chi connectivity index (χ0n) is 10.5. The Morgan fingerprint density at radius 1 is 1.12 bits per heavy atom. The van der Waals surface area contributed by atoms with Gasteiger partial charge >= 0.3 is 0 Å². The van der Waals surface area contributed by atoms with Crippen LogP contribution in [-0.2, 0) is 6.42 Å². The Hall–Kier alpha value is -1.76. The van der Waals surface area contributed by atoms with Gasteiger partial charge in [0.15, 0.2) is 0 Å². The van der Waals surface area contributed by atoms with Crippen molar-refractivity contribution in [3.63, 3.8) is 0 Å². The van der Waals surface area contributed by atoms with Gasteiger partial charge in [-0.1, -0.05) is 23.8 Å². The van der Waals surface area contributed by atoms with Crippen LogP contribution in [0.25, 0.3) is 16.3 Å². The molecule has 0 saturated carbocycles. The number of hydrogen-bond acceptors (Lipinski definition) is 1. The Morgan fingerprint density at radius 2 is 1.88 bits per heavy atom. The van der Waals surface area contributed by atoms with Crippen LogP contribution in [0.15, 0.2) is 29.8 Å². The predicted octanol–water partition coefficient (Wildman–Crippen LogP) is 4.20. The van der Waals surface area contributed by atoms with Crippen LogP contribution in [0.4, 0.5) is 0 Å². The molecule has 1 aliphatic carbocycles. The van der Waals surface area contributed by atoms with E-state index in [1.807, 2.05) is 6.07 Å². The first-order valence-electron chi connectivity index (χ1n) is 6.00. The lowest BCUT2D eigenvalue weighted by Crippen LogP contribution is -2.02. The molecule has 0 heterocycles. The molecule has 0 spiro atoms. The van der Waals surface area contributed by atoms with Crippen LogP contribution in [0.2, 0.25) is 0 Å². The van der Waals surface area contributed by atoms with E-state index in [0.29, 0.717) is 5.75 Å². The summed E-state index contributed by atoms with van der Waals surface area (Å²) in [7, 11) is 0. The molecule has 0 aromatic heterocycles. The Bertz CT molecular complexity index is 663. The smallest absolute Gasteiger partial charge is 0.123 e. The van der Waals surface area contributed by atoms with Crippen molar-refractivity contribution in [3.8, 4) is 5.75 Å². The Balaban J connectivity index is 2.57. The lowest BCUT2D eigenvalue weighted by Gasteiger charge is -2.22. The zero-order chi connectivity index (χ0) is 12.2. The van der Waals surface area contributed by atoms with E-state index < -0.39 is 0 Å². The van der Waals surface area contributed by atoms with Crippen molar-refractivity contribution in [3.05, 3.63) is 46.5 Å². The standard InChI is InChI=1S/C16H16O/c1-9-7-12-5-4-6-13-10(2)8-14(17)15(11(9)3)16(12)13/h4-6,8,17H,7H2,1-3H3. The van der Waals surface area contributed by atoms with E-state index in [2.05, 4.69) is 39.0 Å². The van der Waals surface area contributed by atoms with Crippen LogP contribution in [0, 0.1) is 6.92 Å². The van der Waals surface area contributed by atoms with Crippen LogP contribution in [-0.4, -0.2) is 5.11 Å². The minimum absolute atomic E-state index is 0.416. The first-order chi connectivity index (χ1) is 8.09. The second-order valence-electron chi connectivity index (χ2n) is 5.01. The predicted molar refractivity (Wildman–Crippen MR) is 72.3 cm³/mol. The van der Waals surface area contributed by atoms with Crippen molar-refractivity contribution in [2.75, 3.05) is 0 Å². The van der Waals surface area contributed by atoms with Gasteiger partial charge in [-0.05, 0) is 60.7 Å². The molecule has 2 aromatic rings. The van der Waals surface area contributed by atoms with Gasteiger partial charge in [-0.2, -0.15) is 0 Å². The monoisotopic (exact) mass is 224 g/mol. The molecule has 17 heavy (non-hydrogen) atoms. The molecular formula is C16H16O. The summed E-state index contributed by atoms with van der Waals surface area (Å²) >= 11 is 0. The summed E-state index contributed by atoms with van der Waals surface area (Å²) in [5.41, 5.74) is 6.09. The molecule has 0 aliphatic heterocycles. The molecule has 86 valence electrons. The summed E-state index contributed by atoms with van der Waals surface area (Å²) in [5, 5.41) is 12.7. The number of allylic oxidation sites excluding steroid dienone is 2. The average molecular weight is 224 g/mol. The van der Waals surface area contributed by atoms with Crippen LogP contribution in [0.1, 0.15) is 30.5 Å². The van der Waals surface area contributed by atoms with Gasteiger partial charge in [0, 0.05) is 5.56 Å². The summed E-state index contributed by atoms with van der Waals surface area (Å²) in [6.45, 7) is 6.31. The van der Waals surface area contributed by atoms with E-state index in [9.17, 15) is 5.11 Å². The van der Waals surface area contributed by atoms with Gasteiger partial charge in [0.05, 0.1) is 0 Å². The number of phenolic OH excluding ortho intramolecular Hbond substituents is 1. The number of aromatic hydroxyl groups is 1. The van der Waals surface area contributed by atoms with Crippen molar-refractivity contribution < 1.29 is 5.11 Å². The first kappa shape index (κ1) is 10.4. The van der Waals surface area contributed by atoms with Gasteiger partial charge in [-0.3, -0.25) is 0 Å². The summed E-state index contributed by atoms with van der Waals surface area (Å²) < 4.78 is 0. The highest BCUT2D eigenvalue weighted by molar-refractivity contribution is 6.02. The van der Waals surface area contributed by atoms with E-state index in [0.717, 1.165) is 17.5 Å². The number of rotatable bonds is 0. The molecule has 0 atom stereocenters. The molecule has 1 nitrogen and oxygen atoms in total. The Morgan fingerprint density at radius 3 is 2.65 bits per heavy atom. The highest BCUT2D eigenvalue weighted by Gasteiger charge is 2.19. The summed E-state index contributed by atoms with van der Waals surface area (Å²) in [5.74, 6) is 0.416. The minimum atomic E-state index is 0.416. The quantitative estimate of drug-likeness (QED) is 0.711. The van der Waals surface area contributed by atoms with Crippen LogP contribution < -0.4 is 0 Å². The number of hydrogen-bond donors (Lipinski definition) is 1. The second kappa shape index (κ2) is 3.36. The molecular weight excluding hydrogens is 208 g/mol. The molecule has 0 unspecified atom stereocenters. The van der Waals surface area contributed by atoms with Crippen molar-refractivity contribution >= 4 is 16.3 Å². The van der Waals surface area contributed by atoms with E-state index >= 15 is 0 Å². The molecule has 1 aliphatic rings. The molecule has 0 amide bonds. The second-order valence-corrected chi connectivity index (χ2v) is 5.01. The Kier molecular flexibility index (Phi) is 2.06. The molecule has 3 rings (SSSR count). The maximum Gasteiger partial charge on any atom is 0.123 e. The molecule has 2 aromatic carbocycles. The fourth-order valence-corrected chi connectivity index (χ4v) is 2.87. The normalized spacial score (nSPS) is 14.5. The highest BCUT2D eigenvalue weighted by atomic mass is 16.3. The summed E-state index contributed by atoms with van der Waals surface area (Å²) in [6, 6.07) is 8.30. The molecule has 0 saturated heterocycles. The Labute approximate surface area is 101 Å². The van der Waals surface area contributed by atoms with E-state index in [1.54, 1.807) is 0 Å².